The standard InChI is InChI=1S/C31H37N5O5S/c1-22-21-23(2)33-31(32-22)35-42(40,41)25-18-16-24(17-19-25)34-28(37)15-9-7-5-3-4-6-8-12-20-36-29(38)26-13-10-11-14-27(26)30(36)39/h10-11,13-14,16-19,21H,3-9,12,15,20H2,1-2H3,(H,34,37)(H,32,33,35). The van der Waals surface area contributed by atoms with Crippen molar-refractivity contribution >= 4 is 39.4 Å². The summed E-state index contributed by atoms with van der Waals surface area (Å²) in [6.07, 6.45) is 8.12. The second kappa shape index (κ2) is 14.2. The van der Waals surface area contributed by atoms with Gasteiger partial charge in [0.1, 0.15) is 0 Å². The molecule has 0 atom stereocenters. The summed E-state index contributed by atoms with van der Waals surface area (Å²) in [5.41, 5.74) is 2.85. The maximum absolute atomic E-state index is 12.7. The molecule has 10 nitrogen and oxygen atoms in total. The molecule has 0 saturated heterocycles. The number of rotatable bonds is 15. The monoisotopic (exact) mass is 591 g/mol. The molecule has 0 spiro atoms. The molecule has 1 aliphatic rings. The van der Waals surface area contributed by atoms with Crippen LogP contribution in [0.5, 0.6) is 0 Å². The van der Waals surface area contributed by atoms with E-state index in [2.05, 4.69) is 20.0 Å². The summed E-state index contributed by atoms with van der Waals surface area (Å²) < 4.78 is 27.7. The van der Waals surface area contributed by atoms with Crippen LogP contribution in [0.3, 0.4) is 0 Å². The van der Waals surface area contributed by atoms with Crippen LogP contribution >= 0.6 is 0 Å². The molecule has 1 aliphatic heterocycles. The summed E-state index contributed by atoms with van der Waals surface area (Å²) >= 11 is 0. The summed E-state index contributed by atoms with van der Waals surface area (Å²) in [7, 11) is -3.86. The molecule has 11 heteroatoms. The van der Waals surface area contributed by atoms with Crippen LogP contribution in [0.2, 0.25) is 0 Å². The zero-order chi connectivity index (χ0) is 30.1. The Morgan fingerprint density at radius 3 is 1.86 bits per heavy atom. The lowest BCUT2D eigenvalue weighted by Gasteiger charge is -2.13. The largest absolute Gasteiger partial charge is 0.326 e. The van der Waals surface area contributed by atoms with E-state index in [9.17, 15) is 22.8 Å². The number of aryl methyl sites for hydroxylation is 2. The number of nitrogens with zero attached hydrogens (tertiary/aromatic N) is 3. The Labute approximate surface area is 247 Å². The van der Waals surface area contributed by atoms with Crippen LogP contribution in [0.15, 0.2) is 59.5 Å². The van der Waals surface area contributed by atoms with E-state index in [0.717, 1.165) is 51.4 Å². The number of aromatic nitrogens is 2. The van der Waals surface area contributed by atoms with Crippen molar-refractivity contribution in [1.29, 1.82) is 0 Å². The summed E-state index contributed by atoms with van der Waals surface area (Å²) in [6.45, 7) is 3.98. The molecule has 0 fully saturated rings. The van der Waals surface area contributed by atoms with Gasteiger partial charge in [0.25, 0.3) is 21.8 Å². The maximum Gasteiger partial charge on any atom is 0.264 e. The minimum Gasteiger partial charge on any atom is -0.326 e. The van der Waals surface area contributed by atoms with E-state index in [4.69, 9.17) is 0 Å². The van der Waals surface area contributed by atoms with Gasteiger partial charge in [-0.3, -0.25) is 19.3 Å². The second-order valence-corrected chi connectivity index (χ2v) is 12.2. The van der Waals surface area contributed by atoms with Gasteiger partial charge in [0.05, 0.1) is 16.0 Å². The molecule has 0 aliphatic carbocycles. The lowest BCUT2D eigenvalue weighted by atomic mass is 10.1. The molecule has 2 aromatic carbocycles. The highest BCUT2D eigenvalue weighted by molar-refractivity contribution is 7.92. The molecule has 0 unspecified atom stereocenters. The maximum atomic E-state index is 12.7. The van der Waals surface area contributed by atoms with Gasteiger partial charge < -0.3 is 5.32 Å². The van der Waals surface area contributed by atoms with Gasteiger partial charge in [-0.05, 0) is 69.2 Å². The van der Waals surface area contributed by atoms with Crippen molar-refractivity contribution in [2.75, 3.05) is 16.6 Å². The predicted octanol–water partition coefficient (Wildman–Crippen LogP) is 5.64. The van der Waals surface area contributed by atoms with E-state index in [0.29, 0.717) is 41.2 Å². The van der Waals surface area contributed by atoms with Gasteiger partial charge >= 0.3 is 0 Å². The summed E-state index contributed by atoms with van der Waals surface area (Å²) in [4.78, 5) is 46.7. The third-order valence-corrected chi connectivity index (χ3v) is 8.41. The number of hydrogen-bond donors (Lipinski definition) is 2. The fourth-order valence-electron chi connectivity index (χ4n) is 4.95. The number of nitrogens with one attached hydrogen (secondary N) is 2. The van der Waals surface area contributed by atoms with Gasteiger partial charge in [-0.15, -0.1) is 0 Å². The Hall–Kier alpha value is -4.12. The fourth-order valence-corrected chi connectivity index (χ4v) is 5.89. The molecule has 222 valence electrons. The van der Waals surface area contributed by atoms with Crippen LogP contribution in [0.1, 0.15) is 89.9 Å². The molecule has 42 heavy (non-hydrogen) atoms. The number of unbranched alkanes of at least 4 members (excludes halogenated alkanes) is 7. The number of carbonyl (C=O) groups excluding carboxylic acids is 3. The lowest BCUT2D eigenvalue weighted by molar-refractivity contribution is -0.116. The van der Waals surface area contributed by atoms with Crippen molar-refractivity contribution in [1.82, 2.24) is 14.9 Å². The van der Waals surface area contributed by atoms with Crippen molar-refractivity contribution in [2.24, 2.45) is 0 Å². The highest BCUT2D eigenvalue weighted by Gasteiger charge is 2.34. The first-order chi connectivity index (χ1) is 20.1. The third-order valence-electron chi connectivity index (χ3n) is 7.07. The van der Waals surface area contributed by atoms with E-state index >= 15 is 0 Å². The Bertz CT molecular complexity index is 1480. The normalized spacial score (nSPS) is 12.9. The van der Waals surface area contributed by atoms with Gasteiger partial charge in [0, 0.05) is 30.0 Å². The van der Waals surface area contributed by atoms with Gasteiger partial charge in [-0.2, -0.15) is 0 Å². The SMILES string of the molecule is Cc1cc(C)nc(NS(=O)(=O)c2ccc(NC(=O)CCCCCCCCCCN3C(=O)c4ccccc4C3=O)cc2)n1. The first-order valence-electron chi connectivity index (χ1n) is 14.3. The average molecular weight is 592 g/mol. The number of sulfonamides is 1. The predicted molar refractivity (Wildman–Crippen MR) is 161 cm³/mol. The summed E-state index contributed by atoms with van der Waals surface area (Å²) in [5, 5.41) is 2.81. The highest BCUT2D eigenvalue weighted by Crippen LogP contribution is 2.23. The van der Waals surface area contributed by atoms with Gasteiger partial charge in [0.15, 0.2) is 0 Å². The first kappa shape index (κ1) is 30.8. The molecule has 4 rings (SSSR count). The zero-order valence-electron chi connectivity index (χ0n) is 24.1. The van der Waals surface area contributed by atoms with E-state index in [-0.39, 0.29) is 28.6 Å². The van der Waals surface area contributed by atoms with E-state index < -0.39 is 10.0 Å². The molecule has 0 radical (unpaired) electrons. The molecule has 3 amide bonds. The molecule has 2 N–H and O–H groups in total. The Morgan fingerprint density at radius 1 is 0.762 bits per heavy atom. The van der Waals surface area contributed by atoms with Gasteiger partial charge in [-0.25, -0.2) is 23.1 Å². The molecular weight excluding hydrogens is 554 g/mol. The highest BCUT2D eigenvalue weighted by atomic mass is 32.2. The minimum atomic E-state index is -3.86. The summed E-state index contributed by atoms with van der Waals surface area (Å²) in [5.74, 6) is -0.479. The Kier molecular flexibility index (Phi) is 10.4. The van der Waals surface area contributed by atoms with Crippen molar-refractivity contribution in [3.8, 4) is 0 Å². The molecule has 0 saturated carbocycles. The Morgan fingerprint density at radius 2 is 1.29 bits per heavy atom. The number of imide groups is 1. The van der Waals surface area contributed by atoms with E-state index in [1.807, 2.05) is 0 Å². The molecule has 1 aromatic heterocycles. The zero-order valence-corrected chi connectivity index (χ0v) is 24.9. The van der Waals surface area contributed by atoms with Crippen molar-refractivity contribution in [2.45, 2.75) is 76.5 Å². The Balaban J connectivity index is 1.06. The van der Waals surface area contributed by atoms with Crippen LogP contribution in [0, 0.1) is 13.8 Å². The second-order valence-electron chi connectivity index (χ2n) is 10.5. The minimum absolute atomic E-state index is 0.0180. The molecule has 2 heterocycles. The average Bonchev–Trinajstić information content (AvgIpc) is 3.18. The fraction of sp³-hybridized carbons (Fsp3) is 0.387. The van der Waals surface area contributed by atoms with Gasteiger partial charge in [-0.1, -0.05) is 50.7 Å². The van der Waals surface area contributed by atoms with Crippen LogP contribution < -0.4 is 10.0 Å². The number of anilines is 2. The number of hydrogen-bond acceptors (Lipinski definition) is 7. The molecule has 0 bridgehead atoms. The van der Waals surface area contributed by atoms with Crippen molar-refractivity contribution in [3.63, 3.8) is 0 Å². The third kappa shape index (κ3) is 8.22. The number of benzene rings is 2. The van der Waals surface area contributed by atoms with Crippen molar-refractivity contribution < 1.29 is 22.8 Å². The number of amides is 3. The van der Waals surface area contributed by atoms with Crippen LogP contribution in [-0.4, -0.2) is 47.6 Å². The topological polar surface area (TPSA) is 138 Å². The molecular formula is C31H37N5O5S. The van der Waals surface area contributed by atoms with E-state index in [1.54, 1.807) is 56.3 Å². The lowest BCUT2D eigenvalue weighted by Crippen LogP contribution is -2.30. The molecule has 3 aromatic rings. The summed E-state index contributed by atoms with van der Waals surface area (Å²) in [6, 6.07) is 14.7. The van der Waals surface area contributed by atoms with E-state index in [1.165, 1.54) is 17.0 Å². The quantitative estimate of drug-likeness (QED) is 0.172. The van der Waals surface area contributed by atoms with Crippen LogP contribution in [-0.2, 0) is 14.8 Å². The first-order valence-corrected chi connectivity index (χ1v) is 15.8. The van der Waals surface area contributed by atoms with Crippen molar-refractivity contribution in [3.05, 3.63) is 77.1 Å². The smallest absolute Gasteiger partial charge is 0.264 e. The van der Waals surface area contributed by atoms with Crippen LogP contribution in [0.4, 0.5) is 11.6 Å². The van der Waals surface area contributed by atoms with Crippen LogP contribution in [0.25, 0.3) is 0 Å². The number of carbonyl (C=O) groups is 3. The van der Waals surface area contributed by atoms with Gasteiger partial charge in [0.2, 0.25) is 11.9 Å². The number of fused-ring (bicyclic) bond motifs is 1.